The lowest BCUT2D eigenvalue weighted by molar-refractivity contribution is 0.101. The van der Waals surface area contributed by atoms with E-state index >= 15 is 0 Å². The fraction of sp³-hybridized carbons (Fsp3) is 0.0588. The molecule has 0 N–H and O–H groups in total. The van der Waals surface area contributed by atoms with Gasteiger partial charge in [-0.3, -0.25) is 4.79 Å². The largest absolute Gasteiger partial charge is 0.452 e. The molecule has 0 fully saturated rings. The maximum atomic E-state index is 11.4. The van der Waals surface area contributed by atoms with Gasteiger partial charge in [0.25, 0.3) is 0 Å². The van der Waals surface area contributed by atoms with E-state index in [-0.39, 0.29) is 11.5 Å². The number of fused-ring (bicyclic) bond motifs is 1. The van der Waals surface area contributed by atoms with Crippen molar-refractivity contribution in [3.05, 3.63) is 59.9 Å². The highest BCUT2D eigenvalue weighted by Crippen LogP contribution is 2.35. The molecule has 3 aromatic rings. The molecule has 0 bridgehead atoms. The molecular formula is C17H11NO3. The first-order chi connectivity index (χ1) is 10.2. The van der Waals surface area contributed by atoms with E-state index < -0.39 is 0 Å². The summed E-state index contributed by atoms with van der Waals surface area (Å²) in [5.41, 5.74) is 1.14. The van der Waals surface area contributed by atoms with E-state index in [1.165, 1.54) is 6.92 Å². The molecule has 0 amide bonds. The second-order valence-electron chi connectivity index (χ2n) is 4.55. The van der Waals surface area contributed by atoms with Crippen molar-refractivity contribution >= 4 is 16.8 Å². The zero-order valence-electron chi connectivity index (χ0n) is 11.3. The molecule has 0 radical (unpaired) electrons. The van der Waals surface area contributed by atoms with E-state index in [1.54, 1.807) is 30.3 Å². The van der Waals surface area contributed by atoms with Crippen molar-refractivity contribution in [1.82, 2.24) is 0 Å². The Kier molecular flexibility index (Phi) is 3.17. The highest BCUT2D eigenvalue weighted by molar-refractivity contribution is 5.94. The molecule has 2 aromatic carbocycles. The molecule has 1 heterocycles. The van der Waals surface area contributed by atoms with Gasteiger partial charge in [-0.2, -0.15) is 5.26 Å². The molecule has 4 nitrogen and oxygen atoms in total. The number of carbonyl (C=O) groups is 1. The molecule has 21 heavy (non-hydrogen) atoms. The first-order valence-corrected chi connectivity index (χ1v) is 6.39. The van der Waals surface area contributed by atoms with E-state index in [2.05, 4.69) is 0 Å². The van der Waals surface area contributed by atoms with E-state index in [4.69, 9.17) is 14.4 Å². The highest BCUT2D eigenvalue weighted by atomic mass is 16.5. The van der Waals surface area contributed by atoms with Gasteiger partial charge in [0.2, 0.25) is 5.76 Å². The second-order valence-corrected chi connectivity index (χ2v) is 4.55. The van der Waals surface area contributed by atoms with E-state index in [0.29, 0.717) is 22.6 Å². The minimum Gasteiger partial charge on any atom is -0.452 e. The molecule has 0 unspecified atom stereocenters. The van der Waals surface area contributed by atoms with Crippen molar-refractivity contribution < 1.29 is 13.9 Å². The number of hydrogen-bond acceptors (Lipinski definition) is 4. The summed E-state index contributed by atoms with van der Waals surface area (Å²) in [6.45, 7) is 1.49. The minimum absolute atomic E-state index is 0.0435. The van der Waals surface area contributed by atoms with E-state index in [0.717, 1.165) is 5.39 Å². The van der Waals surface area contributed by atoms with Gasteiger partial charge in [0, 0.05) is 5.56 Å². The van der Waals surface area contributed by atoms with Crippen LogP contribution in [0.1, 0.15) is 23.0 Å². The summed E-state index contributed by atoms with van der Waals surface area (Å²) in [6, 6.07) is 16.1. The van der Waals surface area contributed by atoms with Crippen LogP contribution in [-0.2, 0) is 0 Å². The fourth-order valence-electron chi connectivity index (χ4n) is 2.09. The van der Waals surface area contributed by atoms with Crippen LogP contribution in [-0.4, -0.2) is 5.78 Å². The Morgan fingerprint density at radius 3 is 2.76 bits per heavy atom. The molecule has 0 aliphatic heterocycles. The number of ether oxygens (including phenoxy) is 1. The van der Waals surface area contributed by atoms with Gasteiger partial charge in [-0.1, -0.05) is 24.3 Å². The van der Waals surface area contributed by atoms with Crippen LogP contribution in [0.2, 0.25) is 0 Å². The number of Topliss-reactive ketones (excluding diaryl/α,β-unsaturated/α-hetero) is 1. The summed E-state index contributed by atoms with van der Waals surface area (Å²) in [4.78, 5) is 11.4. The topological polar surface area (TPSA) is 63.2 Å². The van der Waals surface area contributed by atoms with Gasteiger partial charge in [-0.25, -0.2) is 0 Å². The van der Waals surface area contributed by atoms with Crippen molar-refractivity contribution in [1.29, 1.82) is 5.26 Å². The molecule has 0 saturated carbocycles. The lowest BCUT2D eigenvalue weighted by atomic mass is 10.1. The number of carbonyl (C=O) groups excluding carboxylic acids is 1. The number of ketones is 1. The number of benzene rings is 2. The molecule has 1 aromatic heterocycles. The SMILES string of the molecule is CC(=O)c1cccc(Oc2c(C#N)oc3ccccc23)c1. The number of nitriles is 1. The Morgan fingerprint density at radius 1 is 1.19 bits per heavy atom. The maximum Gasteiger partial charge on any atom is 0.247 e. The van der Waals surface area contributed by atoms with Gasteiger partial charge in [0.15, 0.2) is 11.5 Å². The third kappa shape index (κ3) is 2.37. The number of rotatable bonds is 3. The average Bonchev–Trinajstić information content (AvgIpc) is 2.86. The lowest BCUT2D eigenvalue weighted by Crippen LogP contribution is -1.93. The number of para-hydroxylation sites is 1. The van der Waals surface area contributed by atoms with Crippen LogP contribution in [0.3, 0.4) is 0 Å². The Labute approximate surface area is 121 Å². The monoisotopic (exact) mass is 277 g/mol. The normalized spacial score (nSPS) is 10.3. The molecule has 0 spiro atoms. The second kappa shape index (κ2) is 5.14. The first kappa shape index (κ1) is 12.9. The number of hydrogen-bond donors (Lipinski definition) is 0. The van der Waals surface area contributed by atoms with Crippen molar-refractivity contribution in [2.75, 3.05) is 0 Å². The average molecular weight is 277 g/mol. The third-order valence-electron chi connectivity index (χ3n) is 3.11. The van der Waals surface area contributed by atoms with Crippen LogP contribution in [0, 0.1) is 11.3 Å². The zero-order valence-corrected chi connectivity index (χ0v) is 11.3. The van der Waals surface area contributed by atoms with Gasteiger partial charge >= 0.3 is 0 Å². The molecule has 0 aliphatic rings. The van der Waals surface area contributed by atoms with Gasteiger partial charge < -0.3 is 9.15 Å². The number of furan rings is 1. The van der Waals surface area contributed by atoms with Crippen molar-refractivity contribution in [2.24, 2.45) is 0 Å². The maximum absolute atomic E-state index is 11.4. The summed E-state index contributed by atoms with van der Waals surface area (Å²) in [6.07, 6.45) is 0. The summed E-state index contributed by atoms with van der Waals surface area (Å²) in [5, 5.41) is 9.89. The fourth-order valence-corrected chi connectivity index (χ4v) is 2.09. The van der Waals surface area contributed by atoms with Crippen LogP contribution in [0.25, 0.3) is 11.0 Å². The summed E-state index contributed by atoms with van der Waals surface area (Å²) in [7, 11) is 0. The van der Waals surface area contributed by atoms with Gasteiger partial charge in [0.1, 0.15) is 17.4 Å². The standard InChI is InChI=1S/C17H11NO3/c1-11(19)12-5-4-6-13(9-12)20-17-14-7-2-3-8-15(14)21-16(17)10-18/h2-9H,1H3. The molecule has 0 atom stereocenters. The predicted molar refractivity (Wildman–Crippen MR) is 77.4 cm³/mol. The zero-order chi connectivity index (χ0) is 14.8. The Balaban J connectivity index is 2.08. The Hall–Kier alpha value is -3.06. The minimum atomic E-state index is -0.0435. The van der Waals surface area contributed by atoms with Crippen LogP contribution in [0.4, 0.5) is 0 Å². The molecule has 102 valence electrons. The molecular weight excluding hydrogens is 266 g/mol. The smallest absolute Gasteiger partial charge is 0.247 e. The van der Waals surface area contributed by atoms with Crippen molar-refractivity contribution in [2.45, 2.75) is 6.92 Å². The van der Waals surface area contributed by atoms with Crippen LogP contribution < -0.4 is 4.74 Å². The Morgan fingerprint density at radius 2 is 2.00 bits per heavy atom. The molecule has 4 heteroatoms. The van der Waals surface area contributed by atoms with Crippen LogP contribution in [0.15, 0.2) is 52.9 Å². The molecule has 0 saturated heterocycles. The predicted octanol–water partition coefficient (Wildman–Crippen LogP) is 4.30. The van der Waals surface area contributed by atoms with Crippen LogP contribution >= 0.6 is 0 Å². The third-order valence-corrected chi connectivity index (χ3v) is 3.11. The molecule has 0 aliphatic carbocycles. The Bertz CT molecular complexity index is 871. The van der Waals surface area contributed by atoms with Crippen LogP contribution in [0.5, 0.6) is 11.5 Å². The van der Waals surface area contributed by atoms with Gasteiger partial charge in [0.05, 0.1) is 5.39 Å². The highest BCUT2D eigenvalue weighted by Gasteiger charge is 2.16. The summed E-state index contributed by atoms with van der Waals surface area (Å²) >= 11 is 0. The van der Waals surface area contributed by atoms with E-state index in [9.17, 15) is 4.79 Å². The first-order valence-electron chi connectivity index (χ1n) is 6.39. The van der Waals surface area contributed by atoms with E-state index in [1.807, 2.05) is 24.3 Å². The summed E-state index contributed by atoms with van der Waals surface area (Å²) < 4.78 is 11.2. The summed E-state index contributed by atoms with van der Waals surface area (Å²) in [5.74, 6) is 0.932. The van der Waals surface area contributed by atoms with Gasteiger partial charge in [-0.15, -0.1) is 0 Å². The molecule has 3 rings (SSSR count). The van der Waals surface area contributed by atoms with Gasteiger partial charge in [-0.05, 0) is 31.2 Å². The van der Waals surface area contributed by atoms with Crippen molar-refractivity contribution in [3.63, 3.8) is 0 Å². The quantitative estimate of drug-likeness (QED) is 0.669. The number of nitrogens with zero attached hydrogens (tertiary/aromatic N) is 1. The van der Waals surface area contributed by atoms with Crippen molar-refractivity contribution in [3.8, 4) is 17.6 Å². The lowest BCUT2D eigenvalue weighted by Gasteiger charge is -2.05.